The molecule has 0 amide bonds. The lowest BCUT2D eigenvalue weighted by molar-refractivity contribution is -0.130. The van der Waals surface area contributed by atoms with Crippen LogP contribution in [0.5, 0.6) is 0 Å². The van der Waals surface area contributed by atoms with Gasteiger partial charge in [-0.3, -0.25) is 14.9 Å². The summed E-state index contributed by atoms with van der Waals surface area (Å²) in [7, 11) is 0. The van der Waals surface area contributed by atoms with Crippen LogP contribution in [0.25, 0.3) is 0 Å². The highest BCUT2D eigenvalue weighted by atomic mass is 16.2. The molecule has 13 heavy (non-hydrogen) atoms. The predicted octanol–water partition coefficient (Wildman–Crippen LogP) is 1.07. The maximum absolute atomic E-state index is 11.6. The van der Waals surface area contributed by atoms with E-state index in [9.17, 15) is 9.59 Å². The number of carbonyl (C=O) groups excluding carboxylic acids is 2. The van der Waals surface area contributed by atoms with Crippen molar-refractivity contribution in [3.05, 3.63) is 0 Å². The number of nitrogens with one attached hydrogen (secondary N) is 1. The van der Waals surface area contributed by atoms with Crippen LogP contribution in [0, 0.1) is 0 Å². The largest absolute Gasteiger partial charge is 0.299 e. The molecule has 0 unspecified atom stereocenters. The molecule has 0 aromatic carbocycles. The molecule has 0 aromatic rings. The molecule has 1 fully saturated rings. The van der Waals surface area contributed by atoms with Crippen molar-refractivity contribution in [2.75, 3.05) is 6.54 Å². The van der Waals surface area contributed by atoms with Gasteiger partial charge in [0.25, 0.3) is 0 Å². The lowest BCUT2D eigenvalue weighted by atomic mass is 9.92. The van der Waals surface area contributed by atoms with Gasteiger partial charge in [0.15, 0.2) is 11.6 Å². The summed E-state index contributed by atoms with van der Waals surface area (Å²) in [6.07, 6.45) is 2.37. The number of carbonyl (C=O) groups is 2. The third-order valence-corrected chi connectivity index (χ3v) is 2.74. The second kappa shape index (κ2) is 4.01. The van der Waals surface area contributed by atoms with Gasteiger partial charge in [-0.15, -0.1) is 0 Å². The van der Waals surface area contributed by atoms with E-state index in [0.717, 1.165) is 13.0 Å². The molecule has 0 aliphatic heterocycles. The minimum absolute atomic E-state index is 0.0773. The van der Waals surface area contributed by atoms with Crippen LogP contribution < -0.4 is 5.32 Å². The van der Waals surface area contributed by atoms with Crippen molar-refractivity contribution in [2.45, 2.75) is 45.1 Å². The Morgan fingerprint density at radius 3 is 2.15 bits per heavy atom. The molecule has 0 heterocycles. The standard InChI is InChI=1S/C10H17NO2/c1-3-7-11-10(4-2)8(12)5-6-9(10)13/h11H,3-7H2,1-2H3. The van der Waals surface area contributed by atoms with Crippen molar-refractivity contribution < 1.29 is 9.59 Å². The molecule has 1 saturated carbocycles. The average molecular weight is 183 g/mol. The van der Waals surface area contributed by atoms with Crippen LogP contribution in [-0.2, 0) is 9.59 Å². The van der Waals surface area contributed by atoms with Crippen LogP contribution in [-0.4, -0.2) is 23.7 Å². The van der Waals surface area contributed by atoms with Crippen molar-refractivity contribution in [3.63, 3.8) is 0 Å². The van der Waals surface area contributed by atoms with E-state index in [1.165, 1.54) is 0 Å². The van der Waals surface area contributed by atoms with Gasteiger partial charge < -0.3 is 0 Å². The van der Waals surface area contributed by atoms with Crippen LogP contribution in [0.4, 0.5) is 0 Å². The first-order valence-electron chi connectivity index (χ1n) is 4.99. The van der Waals surface area contributed by atoms with Crippen molar-refractivity contribution >= 4 is 11.6 Å². The minimum Gasteiger partial charge on any atom is -0.299 e. The Hall–Kier alpha value is -0.700. The van der Waals surface area contributed by atoms with Crippen molar-refractivity contribution in [2.24, 2.45) is 0 Å². The molecule has 0 atom stereocenters. The number of hydrogen-bond acceptors (Lipinski definition) is 3. The first kappa shape index (κ1) is 10.4. The Morgan fingerprint density at radius 2 is 1.77 bits per heavy atom. The van der Waals surface area contributed by atoms with E-state index in [1.54, 1.807) is 0 Å². The summed E-state index contributed by atoms with van der Waals surface area (Å²) in [5, 5.41) is 3.09. The molecule has 1 aliphatic carbocycles. The van der Waals surface area contributed by atoms with E-state index < -0.39 is 5.54 Å². The van der Waals surface area contributed by atoms with Crippen LogP contribution in [0.15, 0.2) is 0 Å². The maximum Gasteiger partial charge on any atom is 0.160 e. The summed E-state index contributed by atoms with van der Waals surface area (Å²) in [5.41, 5.74) is -0.823. The van der Waals surface area contributed by atoms with E-state index >= 15 is 0 Å². The molecule has 1 rings (SSSR count). The fourth-order valence-corrected chi connectivity index (χ4v) is 1.86. The minimum atomic E-state index is -0.823. The summed E-state index contributed by atoms with van der Waals surface area (Å²) >= 11 is 0. The Labute approximate surface area is 78.9 Å². The fourth-order valence-electron chi connectivity index (χ4n) is 1.86. The normalized spacial score (nSPS) is 21.1. The summed E-state index contributed by atoms with van der Waals surface area (Å²) in [5.74, 6) is 0.155. The molecule has 1 aliphatic rings. The average Bonchev–Trinajstić information content (AvgIpc) is 2.42. The Balaban J connectivity index is 2.76. The van der Waals surface area contributed by atoms with Gasteiger partial charge in [-0.05, 0) is 19.4 Å². The number of hydrogen-bond donors (Lipinski definition) is 1. The Morgan fingerprint density at radius 1 is 1.23 bits per heavy atom. The lowest BCUT2D eigenvalue weighted by Gasteiger charge is -2.25. The Bertz CT molecular complexity index is 207. The van der Waals surface area contributed by atoms with Gasteiger partial charge in [-0.25, -0.2) is 0 Å². The van der Waals surface area contributed by atoms with Gasteiger partial charge in [0, 0.05) is 12.8 Å². The van der Waals surface area contributed by atoms with Gasteiger partial charge in [0.05, 0.1) is 0 Å². The monoisotopic (exact) mass is 183 g/mol. The van der Waals surface area contributed by atoms with Crippen LogP contribution in [0.1, 0.15) is 39.5 Å². The molecule has 3 heteroatoms. The van der Waals surface area contributed by atoms with Gasteiger partial charge in [0.2, 0.25) is 0 Å². The zero-order valence-electron chi connectivity index (χ0n) is 8.35. The molecule has 74 valence electrons. The lowest BCUT2D eigenvalue weighted by Crippen LogP contribution is -2.53. The number of rotatable bonds is 4. The van der Waals surface area contributed by atoms with Gasteiger partial charge >= 0.3 is 0 Å². The molecular weight excluding hydrogens is 166 g/mol. The molecule has 3 nitrogen and oxygen atoms in total. The molecule has 0 spiro atoms. The maximum atomic E-state index is 11.6. The molecule has 0 radical (unpaired) electrons. The molecule has 0 aromatic heterocycles. The first-order chi connectivity index (χ1) is 6.17. The predicted molar refractivity (Wildman–Crippen MR) is 50.6 cm³/mol. The SMILES string of the molecule is CCCNC1(CC)C(=O)CCC1=O. The zero-order chi connectivity index (χ0) is 9.90. The highest BCUT2D eigenvalue weighted by molar-refractivity contribution is 6.17. The van der Waals surface area contributed by atoms with E-state index in [0.29, 0.717) is 19.3 Å². The highest BCUT2D eigenvalue weighted by Crippen LogP contribution is 2.25. The smallest absolute Gasteiger partial charge is 0.160 e. The van der Waals surface area contributed by atoms with E-state index in [2.05, 4.69) is 5.32 Å². The van der Waals surface area contributed by atoms with Crippen LogP contribution >= 0.6 is 0 Å². The van der Waals surface area contributed by atoms with Gasteiger partial charge in [-0.2, -0.15) is 0 Å². The fraction of sp³-hybridized carbons (Fsp3) is 0.800. The highest BCUT2D eigenvalue weighted by Gasteiger charge is 2.47. The van der Waals surface area contributed by atoms with Crippen molar-refractivity contribution in [1.82, 2.24) is 5.32 Å². The van der Waals surface area contributed by atoms with E-state index in [1.807, 2.05) is 13.8 Å². The van der Waals surface area contributed by atoms with Crippen molar-refractivity contribution in [3.8, 4) is 0 Å². The van der Waals surface area contributed by atoms with E-state index in [4.69, 9.17) is 0 Å². The van der Waals surface area contributed by atoms with Crippen LogP contribution in [0.2, 0.25) is 0 Å². The summed E-state index contributed by atoms with van der Waals surface area (Å²) < 4.78 is 0. The van der Waals surface area contributed by atoms with Crippen LogP contribution in [0.3, 0.4) is 0 Å². The third-order valence-electron chi connectivity index (χ3n) is 2.74. The quantitative estimate of drug-likeness (QED) is 0.663. The molecule has 0 saturated heterocycles. The van der Waals surface area contributed by atoms with Gasteiger partial charge in [-0.1, -0.05) is 13.8 Å². The first-order valence-corrected chi connectivity index (χ1v) is 4.99. The summed E-state index contributed by atoms with van der Waals surface area (Å²) in [6.45, 7) is 4.66. The molecule has 0 bridgehead atoms. The summed E-state index contributed by atoms with van der Waals surface area (Å²) in [6, 6.07) is 0. The summed E-state index contributed by atoms with van der Waals surface area (Å²) in [4.78, 5) is 23.1. The zero-order valence-corrected chi connectivity index (χ0v) is 8.35. The van der Waals surface area contributed by atoms with Gasteiger partial charge in [0.1, 0.15) is 5.54 Å². The third kappa shape index (κ3) is 1.66. The second-order valence-corrected chi connectivity index (χ2v) is 3.53. The topological polar surface area (TPSA) is 46.2 Å². The Kier molecular flexibility index (Phi) is 3.20. The number of Topliss-reactive ketones (excluding diaryl/α,β-unsaturated/α-hetero) is 2. The molecular formula is C10H17NO2. The van der Waals surface area contributed by atoms with Crippen molar-refractivity contribution in [1.29, 1.82) is 0 Å². The number of ketones is 2. The molecule has 1 N–H and O–H groups in total. The second-order valence-electron chi connectivity index (χ2n) is 3.53. The van der Waals surface area contributed by atoms with E-state index in [-0.39, 0.29) is 11.6 Å².